The first-order valence-electron chi connectivity index (χ1n) is 9.36. The fraction of sp³-hybridized carbons (Fsp3) is 0.684. The van der Waals surface area contributed by atoms with Gasteiger partial charge in [-0.2, -0.15) is 0 Å². The van der Waals surface area contributed by atoms with Crippen LogP contribution in [0.4, 0.5) is 13.2 Å². The third-order valence-corrected chi connectivity index (χ3v) is 4.96. The van der Waals surface area contributed by atoms with Gasteiger partial charge in [0.2, 0.25) is 5.91 Å². The van der Waals surface area contributed by atoms with Gasteiger partial charge in [0.25, 0.3) is 5.88 Å². The number of aromatic nitrogens is 1. The second-order valence-corrected chi connectivity index (χ2v) is 7.76. The van der Waals surface area contributed by atoms with Crippen LogP contribution < -0.4 is 14.8 Å². The van der Waals surface area contributed by atoms with Crippen molar-refractivity contribution in [3.05, 3.63) is 18.3 Å². The lowest BCUT2D eigenvalue weighted by molar-refractivity contribution is -0.275. The lowest BCUT2D eigenvalue weighted by Gasteiger charge is -2.38. The molecule has 2 atom stereocenters. The summed E-state index contributed by atoms with van der Waals surface area (Å²) in [5, 5.41) is 3.06. The van der Waals surface area contributed by atoms with Crippen molar-refractivity contribution in [2.75, 3.05) is 20.2 Å². The minimum Gasteiger partial charge on any atom is -0.474 e. The maximum atomic E-state index is 12.7. The van der Waals surface area contributed by atoms with Gasteiger partial charge in [-0.05, 0) is 52.3 Å². The molecular weight excluding hydrogens is 375 g/mol. The average molecular weight is 403 g/mol. The number of piperidine rings is 1. The molecule has 1 amide bonds. The molecule has 28 heavy (non-hydrogen) atoms. The first-order valence-corrected chi connectivity index (χ1v) is 9.36. The number of hydrogen-bond acceptors (Lipinski definition) is 5. The first-order chi connectivity index (χ1) is 13.0. The molecule has 0 aromatic carbocycles. The molecular formula is C19H28F3N3O3. The maximum Gasteiger partial charge on any atom is 0.573 e. The Morgan fingerprint density at radius 1 is 1.39 bits per heavy atom. The Labute approximate surface area is 163 Å². The summed E-state index contributed by atoms with van der Waals surface area (Å²) in [6, 6.07) is 2.93. The number of carbonyl (C=O) groups excluding carboxylic acids is 1. The van der Waals surface area contributed by atoms with Gasteiger partial charge >= 0.3 is 6.36 Å². The van der Waals surface area contributed by atoms with Crippen molar-refractivity contribution >= 4 is 5.91 Å². The molecule has 0 radical (unpaired) electrons. The molecule has 1 fully saturated rings. The summed E-state index contributed by atoms with van der Waals surface area (Å²) in [7, 11) is 2.08. The van der Waals surface area contributed by atoms with Crippen molar-refractivity contribution in [3.8, 4) is 11.6 Å². The lowest BCUT2D eigenvalue weighted by Crippen LogP contribution is -2.51. The van der Waals surface area contributed by atoms with E-state index in [4.69, 9.17) is 4.74 Å². The molecule has 0 saturated carbocycles. The summed E-state index contributed by atoms with van der Waals surface area (Å²) in [6.45, 7) is 6.26. The minimum absolute atomic E-state index is 0.0758. The second kappa shape index (κ2) is 8.98. The van der Waals surface area contributed by atoms with Crippen LogP contribution in [-0.4, -0.2) is 54.4 Å². The molecule has 2 heterocycles. The molecule has 1 aliphatic heterocycles. The van der Waals surface area contributed by atoms with Gasteiger partial charge in [-0.15, -0.1) is 13.2 Å². The summed E-state index contributed by atoms with van der Waals surface area (Å²) in [4.78, 5) is 18.8. The monoisotopic (exact) mass is 403 g/mol. The largest absolute Gasteiger partial charge is 0.573 e. The van der Waals surface area contributed by atoms with Gasteiger partial charge in [0, 0.05) is 24.8 Å². The van der Waals surface area contributed by atoms with E-state index in [0.29, 0.717) is 6.04 Å². The molecule has 1 N–H and O–H groups in total. The summed E-state index contributed by atoms with van der Waals surface area (Å²) in [6.07, 6.45) is -0.803. The quantitative estimate of drug-likeness (QED) is 0.756. The number of likely N-dealkylation sites (tertiary alicyclic amines) is 1. The lowest BCUT2D eigenvalue weighted by atomic mass is 9.90. The van der Waals surface area contributed by atoms with Crippen LogP contribution in [0.25, 0.3) is 0 Å². The van der Waals surface area contributed by atoms with Crippen molar-refractivity contribution in [3.63, 3.8) is 0 Å². The molecule has 0 aliphatic carbocycles. The third-order valence-electron chi connectivity index (χ3n) is 4.96. The molecule has 0 bridgehead atoms. The molecule has 1 aromatic heterocycles. The van der Waals surface area contributed by atoms with Gasteiger partial charge < -0.3 is 19.7 Å². The molecule has 9 heteroatoms. The van der Waals surface area contributed by atoms with E-state index in [1.165, 1.54) is 12.3 Å². The Morgan fingerprint density at radius 2 is 2.11 bits per heavy atom. The Kier molecular flexibility index (Phi) is 7.14. The highest BCUT2D eigenvalue weighted by Gasteiger charge is 2.35. The van der Waals surface area contributed by atoms with Crippen LogP contribution in [0, 0.1) is 5.41 Å². The molecule has 1 saturated heterocycles. The first kappa shape index (κ1) is 22.3. The number of nitrogens with zero attached hydrogens (tertiary/aromatic N) is 2. The Hall–Kier alpha value is -2.03. The number of nitrogens with one attached hydrogen (secondary N) is 1. The fourth-order valence-electron chi connectivity index (χ4n) is 3.16. The number of carbonyl (C=O) groups is 1. The predicted molar refractivity (Wildman–Crippen MR) is 98.1 cm³/mol. The van der Waals surface area contributed by atoms with E-state index in [9.17, 15) is 18.0 Å². The molecule has 2 rings (SSSR count). The van der Waals surface area contributed by atoms with E-state index in [2.05, 4.69) is 33.9 Å². The van der Waals surface area contributed by atoms with Crippen molar-refractivity contribution in [1.29, 1.82) is 0 Å². The zero-order valence-electron chi connectivity index (χ0n) is 16.7. The van der Waals surface area contributed by atoms with E-state index >= 15 is 0 Å². The van der Waals surface area contributed by atoms with Crippen LogP contribution >= 0.6 is 0 Å². The summed E-state index contributed by atoms with van der Waals surface area (Å²) in [5.41, 5.74) is -0.946. The van der Waals surface area contributed by atoms with Gasteiger partial charge in [0.15, 0.2) is 5.75 Å². The molecule has 0 spiro atoms. The topological polar surface area (TPSA) is 63.7 Å². The van der Waals surface area contributed by atoms with E-state index < -0.39 is 17.5 Å². The number of hydrogen-bond donors (Lipinski definition) is 1. The summed E-state index contributed by atoms with van der Waals surface area (Å²) in [5.74, 6) is -1.04. The number of ether oxygens (including phenoxy) is 2. The van der Waals surface area contributed by atoms with Crippen LogP contribution in [0.1, 0.15) is 40.0 Å². The zero-order valence-corrected chi connectivity index (χ0v) is 16.7. The van der Waals surface area contributed by atoms with E-state index in [1.807, 2.05) is 0 Å². The summed E-state index contributed by atoms with van der Waals surface area (Å²) < 4.78 is 46.8. The number of rotatable bonds is 7. The van der Waals surface area contributed by atoms with Crippen LogP contribution in [0.2, 0.25) is 0 Å². The Balaban J connectivity index is 1.95. The number of pyridine rings is 1. The Morgan fingerprint density at radius 3 is 2.75 bits per heavy atom. The van der Waals surface area contributed by atoms with E-state index in [1.54, 1.807) is 13.8 Å². The zero-order chi connectivity index (χ0) is 20.9. The summed E-state index contributed by atoms with van der Waals surface area (Å²) >= 11 is 0. The van der Waals surface area contributed by atoms with E-state index in [-0.39, 0.29) is 24.4 Å². The van der Waals surface area contributed by atoms with Gasteiger partial charge in [-0.3, -0.25) is 4.79 Å². The van der Waals surface area contributed by atoms with Crippen LogP contribution in [0.3, 0.4) is 0 Å². The SMILES string of the molecule is CCC1CC(NC(=O)C(C)(C)COc2ncccc2OC(F)(F)F)CCN1C. The molecule has 6 nitrogen and oxygen atoms in total. The molecule has 158 valence electrons. The van der Waals surface area contributed by atoms with Crippen LogP contribution in [-0.2, 0) is 4.79 Å². The predicted octanol–water partition coefficient (Wildman–Crippen LogP) is 3.37. The highest BCUT2D eigenvalue weighted by molar-refractivity contribution is 5.82. The van der Waals surface area contributed by atoms with Crippen molar-refractivity contribution < 1.29 is 27.4 Å². The maximum absolute atomic E-state index is 12.7. The van der Waals surface area contributed by atoms with Crippen molar-refractivity contribution in [2.45, 2.75) is 58.5 Å². The van der Waals surface area contributed by atoms with Gasteiger partial charge in [0.05, 0.1) is 5.41 Å². The standard InChI is InChI=1S/C19H28F3N3O3/c1-5-14-11-13(8-10-25(14)4)24-17(26)18(2,3)12-27-16-15(7-6-9-23-16)28-19(20,21)22/h6-7,9,13-14H,5,8,10-12H2,1-4H3,(H,24,26). The van der Waals surface area contributed by atoms with Crippen molar-refractivity contribution in [2.24, 2.45) is 5.41 Å². The second-order valence-electron chi connectivity index (χ2n) is 7.76. The number of amides is 1. The number of alkyl halides is 3. The molecule has 2 unspecified atom stereocenters. The highest BCUT2D eigenvalue weighted by atomic mass is 19.4. The molecule has 1 aliphatic rings. The Bertz CT molecular complexity index is 667. The normalized spacial score (nSPS) is 21.2. The van der Waals surface area contributed by atoms with Crippen LogP contribution in [0.15, 0.2) is 18.3 Å². The average Bonchev–Trinajstić information content (AvgIpc) is 2.61. The third kappa shape index (κ3) is 6.25. The van der Waals surface area contributed by atoms with Gasteiger partial charge in [-0.25, -0.2) is 4.98 Å². The van der Waals surface area contributed by atoms with Crippen LogP contribution in [0.5, 0.6) is 11.6 Å². The van der Waals surface area contributed by atoms with Gasteiger partial charge in [0.1, 0.15) is 6.61 Å². The minimum atomic E-state index is -4.85. The molecule has 1 aromatic rings. The van der Waals surface area contributed by atoms with Crippen molar-refractivity contribution in [1.82, 2.24) is 15.2 Å². The fourth-order valence-corrected chi connectivity index (χ4v) is 3.16. The number of halogens is 3. The smallest absolute Gasteiger partial charge is 0.474 e. The highest BCUT2D eigenvalue weighted by Crippen LogP contribution is 2.31. The van der Waals surface area contributed by atoms with Gasteiger partial charge in [-0.1, -0.05) is 6.92 Å². The van der Waals surface area contributed by atoms with E-state index in [0.717, 1.165) is 31.9 Å².